The van der Waals surface area contributed by atoms with Gasteiger partial charge in [-0.1, -0.05) is 206 Å². The first-order chi connectivity index (χ1) is 65.7. The molecule has 8 heterocycles. The van der Waals surface area contributed by atoms with Crippen LogP contribution in [-0.2, 0) is 11.8 Å². The number of benzene rings is 12. The number of hydrogen-bond donors (Lipinski definition) is 8. The van der Waals surface area contributed by atoms with Gasteiger partial charge in [-0.05, 0) is 260 Å². The minimum atomic E-state index is -1.12. The van der Waals surface area contributed by atoms with Crippen molar-refractivity contribution in [3.63, 3.8) is 0 Å². The van der Waals surface area contributed by atoms with Crippen LogP contribution in [0.5, 0.6) is 23.0 Å². The highest BCUT2D eigenvalue weighted by molar-refractivity contribution is 5.99. The molecule has 4 aromatic heterocycles. The average molecular weight is 1820 g/mol. The maximum atomic E-state index is 12.0. The number of piperidine rings is 4. The Kier molecular flexibility index (Phi) is 30.3. The summed E-state index contributed by atoms with van der Waals surface area (Å²) in [7, 11) is 1.73. The zero-order valence-electron chi connectivity index (χ0n) is 76.1. The van der Waals surface area contributed by atoms with Crippen molar-refractivity contribution in [3.8, 4) is 23.0 Å². The molecule has 4 fully saturated rings. The number of para-hydroxylation sites is 2. The predicted octanol–water partition coefficient (Wildman–Crippen LogP) is 19.6. The van der Waals surface area contributed by atoms with E-state index in [-0.39, 0.29) is 55.9 Å². The third-order valence-corrected chi connectivity index (χ3v) is 26.8. The summed E-state index contributed by atoms with van der Waals surface area (Å²) in [5, 5.41) is 83.2. The third kappa shape index (κ3) is 23.3. The number of β-amino-alcohol motifs (C(OH)–C–C–N with tert-alkyl or cyclic N) is 4. The molecule has 4 saturated heterocycles. The number of carboxylic acid groups (broad SMARTS) is 3. The lowest BCUT2D eigenvalue weighted by Gasteiger charge is -2.33. The topological polar surface area (TPSA) is 316 Å². The standard InChI is InChI=1S/C29H31NO5.C28H30N2O4.C27H28N2O4.C27H27NO5/c1-2-33-29(32)27-17-24-8-5-9-26(28(24)35-27)34-19-25(31)18-30-14-12-21(13-15-30)23-11-10-20-6-3-4-7-22(20)16-23;1-29-25-7-4-8-27(24(25)16-26(29)28(32)33)34-18-23(31)17-30-13-11-20(12-14-30)22-10-9-19-5-2-3-6-21(19)15-22;30-22(17-33-26-7-3-6-24-23(26)15-25(28-24)27(31)32)16-29-12-10-19(11-13-29)21-9-8-18-4-1-2-5-20(18)14-21;29-23(17-32-24-7-3-6-22-15-25(27(30)31)33-26(22)24)16-28-12-10-19(11-13-28)21-9-8-18-4-1-2-5-20(18)14-21/h3-11,16-17,21,25,31H,2,12-15,18-19H2,1H3;2-10,15-16,20,23,31H,11-14,17-18H2,1H3,(H,32,33);1-9,14-15,19,22,28,30H,10-13,16-17H2,(H,31,32);1-9,14-15,19,23,29H,10-13,16-17H2,(H,30,31)/t25-;23-;22-;23-/m0000/s1. The number of fused-ring (bicyclic) bond motifs is 8. The Bertz CT molecular complexity index is 6590. The summed E-state index contributed by atoms with van der Waals surface area (Å²) in [6.07, 6.45) is 6.09. The van der Waals surface area contributed by atoms with Crippen LogP contribution >= 0.6 is 0 Å². The van der Waals surface area contributed by atoms with Crippen molar-refractivity contribution < 1.29 is 87.4 Å². The number of rotatable bonds is 29. The first kappa shape index (κ1) is 93.4. The zero-order valence-corrected chi connectivity index (χ0v) is 76.1. The second kappa shape index (κ2) is 43.7. The molecule has 4 aliphatic heterocycles. The van der Waals surface area contributed by atoms with Crippen molar-refractivity contribution in [2.45, 2.75) is 106 Å². The first-order valence-electron chi connectivity index (χ1n) is 46.9. The molecular formula is C111H116N6O18. The molecule has 0 saturated carbocycles. The molecule has 135 heavy (non-hydrogen) atoms. The number of nitrogens with one attached hydrogen (secondary N) is 1. The van der Waals surface area contributed by atoms with Crippen molar-refractivity contribution in [2.24, 2.45) is 7.05 Å². The fourth-order valence-electron chi connectivity index (χ4n) is 19.5. The van der Waals surface area contributed by atoms with Crippen LogP contribution in [0.2, 0.25) is 0 Å². The van der Waals surface area contributed by atoms with Crippen LogP contribution in [0, 0.1) is 0 Å². The lowest BCUT2D eigenvalue weighted by molar-refractivity contribution is 0.0489. The van der Waals surface area contributed by atoms with Gasteiger partial charge in [0.15, 0.2) is 22.7 Å². The quantitative estimate of drug-likeness (QED) is 0.0202. The van der Waals surface area contributed by atoms with Gasteiger partial charge in [0.2, 0.25) is 11.5 Å². The number of aliphatic hydroxyl groups excluding tert-OH is 4. The number of likely N-dealkylation sites (tertiary alicyclic amines) is 4. The number of aromatic nitrogens is 2. The Morgan fingerprint density at radius 1 is 0.348 bits per heavy atom. The molecule has 0 radical (unpaired) electrons. The second-order valence-corrected chi connectivity index (χ2v) is 36.0. The van der Waals surface area contributed by atoms with E-state index >= 15 is 0 Å². The Hall–Kier alpha value is -13.4. The molecule has 0 bridgehead atoms. The smallest absolute Gasteiger partial charge is 0.374 e. The number of carbonyl (C=O) groups is 4. The van der Waals surface area contributed by atoms with E-state index in [0.717, 1.165) is 120 Å². The number of aryl methyl sites for hydroxylation is 1. The number of esters is 1. The van der Waals surface area contributed by atoms with E-state index in [1.54, 1.807) is 67.1 Å². The van der Waals surface area contributed by atoms with Crippen LogP contribution in [0.15, 0.2) is 276 Å². The normalized spacial score (nSPS) is 16.2. The van der Waals surface area contributed by atoms with Crippen molar-refractivity contribution in [1.29, 1.82) is 0 Å². The van der Waals surface area contributed by atoms with Gasteiger partial charge in [0, 0.05) is 60.3 Å². The van der Waals surface area contributed by atoms with Gasteiger partial charge in [-0.25, -0.2) is 19.2 Å². The van der Waals surface area contributed by atoms with Crippen molar-refractivity contribution in [1.82, 2.24) is 29.2 Å². The minimum Gasteiger partial charge on any atom is -0.490 e. The zero-order chi connectivity index (χ0) is 93.4. The summed E-state index contributed by atoms with van der Waals surface area (Å²) in [4.78, 5) is 57.9. The number of H-pyrrole nitrogens is 1. The maximum Gasteiger partial charge on any atom is 0.374 e. The second-order valence-electron chi connectivity index (χ2n) is 36.0. The number of hydrogen-bond acceptors (Lipinski definition) is 19. The molecule has 4 aliphatic rings. The summed E-state index contributed by atoms with van der Waals surface area (Å²) in [6.45, 7) is 12.4. The molecule has 0 unspecified atom stereocenters. The van der Waals surface area contributed by atoms with Gasteiger partial charge < -0.3 is 97.4 Å². The van der Waals surface area contributed by atoms with Gasteiger partial charge in [0.05, 0.1) is 12.1 Å². The van der Waals surface area contributed by atoms with Crippen molar-refractivity contribution >= 4 is 111 Å². The lowest BCUT2D eigenvalue weighted by Crippen LogP contribution is -2.40. The molecule has 0 spiro atoms. The number of nitrogens with zero attached hydrogens (tertiary/aromatic N) is 5. The molecule has 12 aromatic carbocycles. The van der Waals surface area contributed by atoms with Gasteiger partial charge in [0.1, 0.15) is 73.7 Å². The number of furan rings is 2. The van der Waals surface area contributed by atoms with E-state index in [4.69, 9.17) is 37.6 Å². The van der Waals surface area contributed by atoms with Gasteiger partial charge >= 0.3 is 23.9 Å². The Morgan fingerprint density at radius 2 is 0.674 bits per heavy atom. The monoisotopic (exact) mass is 1820 g/mol. The van der Waals surface area contributed by atoms with Gasteiger partial charge in [-0.2, -0.15) is 0 Å². The maximum absolute atomic E-state index is 12.0. The Morgan fingerprint density at radius 3 is 1.04 bits per heavy atom. The highest BCUT2D eigenvalue weighted by atomic mass is 16.5. The Balaban J connectivity index is 0.000000125. The average Bonchev–Trinajstić information content (AvgIpc) is 1.64. The van der Waals surface area contributed by atoms with E-state index in [2.05, 4.69) is 194 Å². The summed E-state index contributed by atoms with van der Waals surface area (Å²) < 4.78 is 41.2. The molecular weight excluding hydrogens is 1710 g/mol. The summed E-state index contributed by atoms with van der Waals surface area (Å²) in [6, 6.07) is 89.0. The number of carboxylic acids is 3. The molecule has 698 valence electrons. The Labute approximate surface area is 783 Å². The van der Waals surface area contributed by atoms with Crippen LogP contribution < -0.4 is 18.9 Å². The SMILES string of the molecule is CCOC(=O)c1cc2cccc(OC[C@@H](O)CN3CCC(c4ccc5ccccc5c4)CC3)c2o1.Cn1c(C(=O)O)cc2c(OC[C@@H](O)CN3CCC(c4ccc5ccccc5c4)CC3)cccc21.O=C(O)c1cc2c(OC[C@@H](O)CN3CCC(c4ccc5ccccc5c4)CC3)cccc2[nH]1.O=C(O)c1cc2cccc(OC[C@@H](O)CN3CCC(c4ccc5ccccc5c4)CC3)c2o1. The lowest BCUT2D eigenvalue weighted by atomic mass is 9.88. The molecule has 24 nitrogen and oxygen atoms in total. The van der Waals surface area contributed by atoms with Gasteiger partial charge in [-0.15, -0.1) is 0 Å². The molecule has 16 aromatic rings. The number of aromatic amines is 1. The van der Waals surface area contributed by atoms with Crippen LogP contribution in [-0.4, -0.2) is 225 Å². The van der Waals surface area contributed by atoms with Crippen LogP contribution in [0.25, 0.3) is 86.8 Å². The molecule has 24 heteroatoms. The van der Waals surface area contributed by atoms with E-state index < -0.39 is 48.3 Å². The van der Waals surface area contributed by atoms with E-state index in [1.807, 2.05) is 42.5 Å². The van der Waals surface area contributed by atoms with Crippen LogP contribution in [0.1, 0.15) is 146 Å². The van der Waals surface area contributed by atoms with Gasteiger partial charge in [0.25, 0.3) is 0 Å². The number of carbonyl (C=O) groups excluding carboxylic acids is 1. The number of aromatic carboxylic acids is 3. The van der Waals surface area contributed by atoms with Crippen LogP contribution in [0.4, 0.5) is 0 Å². The highest BCUT2D eigenvalue weighted by Crippen LogP contribution is 2.39. The van der Waals surface area contributed by atoms with Gasteiger partial charge in [-0.3, -0.25) is 0 Å². The fraction of sp³-hybridized carbons (Fsp3) is 0.315. The van der Waals surface area contributed by atoms with Crippen LogP contribution in [0.3, 0.4) is 0 Å². The number of ether oxygens (including phenoxy) is 5. The first-order valence-corrected chi connectivity index (χ1v) is 46.9. The third-order valence-electron chi connectivity index (χ3n) is 26.8. The molecule has 0 aliphatic carbocycles. The van der Waals surface area contributed by atoms with E-state index in [9.17, 15) is 49.8 Å². The predicted molar refractivity (Wildman–Crippen MR) is 526 cm³/mol. The number of aliphatic hydroxyl groups is 4. The molecule has 4 atom stereocenters. The molecule has 8 N–H and O–H groups in total. The molecule has 0 amide bonds. The van der Waals surface area contributed by atoms with E-state index in [0.29, 0.717) is 100 Å². The fourth-order valence-corrected chi connectivity index (χ4v) is 19.5. The summed E-state index contributed by atoms with van der Waals surface area (Å²) in [5.41, 5.74) is 8.30. The summed E-state index contributed by atoms with van der Waals surface area (Å²) in [5.74, 6) is 0.716. The highest BCUT2D eigenvalue weighted by Gasteiger charge is 2.30. The van der Waals surface area contributed by atoms with E-state index in [1.165, 1.54) is 71.4 Å². The van der Waals surface area contributed by atoms with Crippen molar-refractivity contribution in [2.75, 3.05) is 112 Å². The summed E-state index contributed by atoms with van der Waals surface area (Å²) >= 11 is 0. The minimum absolute atomic E-state index is 0.118. The molecule has 20 rings (SSSR count). The largest absolute Gasteiger partial charge is 0.490 e. The van der Waals surface area contributed by atoms with Crippen molar-refractivity contribution in [3.05, 3.63) is 312 Å².